The van der Waals surface area contributed by atoms with E-state index in [1.807, 2.05) is 13.8 Å². The first-order valence-electron chi connectivity index (χ1n) is 15.3. The molecule has 0 spiro atoms. The topological polar surface area (TPSA) is 335 Å². The summed E-state index contributed by atoms with van der Waals surface area (Å²) in [4.78, 5) is 105. The van der Waals surface area contributed by atoms with Gasteiger partial charge in [-0.05, 0) is 64.7 Å². The minimum Gasteiger partial charge on any atom is -0.481 e. The highest BCUT2D eigenvalue weighted by molar-refractivity contribution is 7.53. The molecule has 48 heavy (non-hydrogen) atoms. The Morgan fingerprint density at radius 2 is 0.646 bits per heavy atom. The fourth-order valence-corrected chi connectivity index (χ4v) is 8.78. The van der Waals surface area contributed by atoms with Crippen LogP contribution in [0.5, 0.6) is 0 Å². The molecule has 0 atom stereocenters. The van der Waals surface area contributed by atoms with Gasteiger partial charge in [0.1, 0.15) is 31.4 Å². The van der Waals surface area contributed by atoms with Gasteiger partial charge < -0.3 is 54.0 Å². The van der Waals surface area contributed by atoms with Gasteiger partial charge in [-0.3, -0.25) is 42.3 Å². The Labute approximate surface area is 281 Å². The van der Waals surface area contributed by atoms with Crippen LogP contribution in [0.3, 0.4) is 0 Å². The summed E-state index contributed by atoms with van der Waals surface area (Å²) >= 11 is 0. The lowest BCUT2D eigenvalue weighted by atomic mass is 10.1. The maximum Gasteiger partial charge on any atom is 0.339 e. The van der Waals surface area contributed by atoms with Crippen molar-refractivity contribution in [2.45, 2.75) is 78.1 Å². The molecule has 290 valence electrons. The predicted octanol–water partition coefficient (Wildman–Crippen LogP) is 2.20. The Morgan fingerprint density at radius 3 is 0.812 bits per heavy atom. The van der Waals surface area contributed by atoms with Gasteiger partial charge >= 0.3 is 43.9 Å². The summed E-state index contributed by atoms with van der Waals surface area (Å²) in [6.07, 6.45) is 2.15. The van der Waals surface area contributed by atoms with Crippen LogP contribution >= 0.6 is 38.0 Å². The lowest BCUT2D eigenvalue weighted by Crippen LogP contribution is -2.28. The largest absolute Gasteiger partial charge is 0.481 e. The van der Waals surface area contributed by atoms with Crippen molar-refractivity contribution in [2.24, 2.45) is 5.92 Å². The molecule has 0 saturated heterocycles. The molecule has 0 aliphatic carbocycles. The number of hydrogen-bond donors (Lipinski definition) is 11. The molecule has 0 aliphatic rings. The fraction of sp³-hybridized carbons (Fsp3) is 0.957. The summed E-state index contributed by atoms with van der Waals surface area (Å²) in [5.74, 6) is -0.801. The molecule has 25 heteroatoms. The highest BCUT2D eigenvalue weighted by Gasteiger charge is 2.26. The van der Waals surface area contributed by atoms with Crippen molar-refractivity contribution in [2.75, 3.05) is 57.6 Å². The highest BCUT2D eigenvalue weighted by atomic mass is 31.2. The smallest absolute Gasteiger partial charge is 0.339 e. The molecule has 0 radical (unpaired) electrons. The second-order valence-electron chi connectivity index (χ2n) is 11.6. The Morgan fingerprint density at radius 1 is 0.438 bits per heavy atom. The van der Waals surface area contributed by atoms with Crippen LogP contribution in [-0.4, -0.2) is 132 Å². The monoisotopic (exact) mass is 801 g/mol. The summed E-state index contributed by atoms with van der Waals surface area (Å²) < 4.78 is 56.3. The maximum atomic E-state index is 11.5. The fourth-order valence-electron chi connectivity index (χ4n) is 4.61. The van der Waals surface area contributed by atoms with E-state index in [9.17, 15) is 37.4 Å². The highest BCUT2D eigenvalue weighted by Crippen LogP contribution is 2.42. The summed E-state index contributed by atoms with van der Waals surface area (Å²) in [7, 11) is -22.4. The van der Waals surface area contributed by atoms with E-state index in [4.69, 9.17) is 44.3 Å². The van der Waals surface area contributed by atoms with Crippen LogP contribution in [0.15, 0.2) is 0 Å². The number of aliphatic carboxylic acids is 1. The van der Waals surface area contributed by atoms with E-state index >= 15 is 0 Å². The van der Waals surface area contributed by atoms with Crippen LogP contribution in [-0.2, 0) is 27.6 Å². The third kappa shape index (κ3) is 35.9. The van der Waals surface area contributed by atoms with Gasteiger partial charge in [-0.2, -0.15) is 0 Å². The number of hydrogen-bond acceptors (Lipinski definition) is 9. The number of carboxylic acids is 1. The number of carboxylic acid groups (broad SMARTS) is 1. The summed E-state index contributed by atoms with van der Waals surface area (Å²) in [5.41, 5.74) is 0. The average Bonchev–Trinajstić information content (AvgIpc) is 2.84. The van der Waals surface area contributed by atoms with Crippen LogP contribution < -0.4 is 0 Å². The zero-order valence-electron chi connectivity index (χ0n) is 27.5. The first-order chi connectivity index (χ1) is 21.7. The second-order valence-corrected chi connectivity index (χ2v) is 19.7. The SMILES string of the molecule is CCC(CC)C(=O)O.O=P(O)(O)CN(CCCCCCN(CP(=O)(O)O)CP(=O)(O)O)CCCCCCN(CP(=O)(O)O)CP(=O)(O)O. The molecule has 11 N–H and O–H groups in total. The van der Waals surface area contributed by atoms with Crippen LogP contribution in [0, 0.1) is 5.92 Å². The molecule has 0 aromatic carbocycles. The molecular formula is C23H56N3O17P5. The van der Waals surface area contributed by atoms with Gasteiger partial charge in [0.15, 0.2) is 0 Å². The predicted molar refractivity (Wildman–Crippen MR) is 178 cm³/mol. The lowest BCUT2D eigenvalue weighted by Gasteiger charge is -2.24. The van der Waals surface area contributed by atoms with Gasteiger partial charge in [0.05, 0.1) is 5.92 Å². The Bertz CT molecular complexity index is 1020. The van der Waals surface area contributed by atoms with Gasteiger partial charge in [-0.1, -0.05) is 39.5 Å². The van der Waals surface area contributed by atoms with E-state index in [-0.39, 0.29) is 19.0 Å². The van der Waals surface area contributed by atoms with Crippen molar-refractivity contribution in [1.29, 1.82) is 0 Å². The van der Waals surface area contributed by atoms with E-state index in [2.05, 4.69) is 0 Å². The molecule has 20 nitrogen and oxygen atoms in total. The quantitative estimate of drug-likeness (QED) is 0.0419. The molecular weight excluding hydrogens is 745 g/mol. The van der Waals surface area contributed by atoms with Crippen molar-refractivity contribution in [3.8, 4) is 0 Å². The molecule has 0 fully saturated rings. The van der Waals surface area contributed by atoms with Crippen molar-refractivity contribution in [1.82, 2.24) is 14.7 Å². The summed E-state index contributed by atoms with van der Waals surface area (Å²) in [6, 6.07) is 0. The van der Waals surface area contributed by atoms with E-state index in [0.717, 1.165) is 22.6 Å². The van der Waals surface area contributed by atoms with Crippen LogP contribution in [0.25, 0.3) is 0 Å². The van der Waals surface area contributed by atoms with Crippen molar-refractivity contribution in [3.63, 3.8) is 0 Å². The van der Waals surface area contributed by atoms with Gasteiger partial charge in [-0.15, -0.1) is 0 Å². The van der Waals surface area contributed by atoms with Crippen LogP contribution in [0.2, 0.25) is 0 Å². The van der Waals surface area contributed by atoms with Crippen molar-refractivity contribution < 1.29 is 81.7 Å². The zero-order chi connectivity index (χ0) is 37.8. The van der Waals surface area contributed by atoms with E-state index < -0.39 is 75.4 Å². The number of rotatable bonds is 27. The van der Waals surface area contributed by atoms with Gasteiger partial charge in [0, 0.05) is 0 Å². The number of nitrogens with zero attached hydrogens (tertiary/aromatic N) is 3. The Hall–Kier alpha value is 0.100. The third-order valence-corrected chi connectivity index (χ3v) is 10.5. The molecule has 0 amide bonds. The summed E-state index contributed by atoms with van der Waals surface area (Å²) in [5, 5.41) is 8.37. The molecule has 0 saturated carbocycles. The maximum absolute atomic E-state index is 11.5. The number of unbranched alkanes of at least 4 members (excludes halogenated alkanes) is 6. The van der Waals surface area contributed by atoms with Gasteiger partial charge in [0.2, 0.25) is 0 Å². The Balaban J connectivity index is 0. The first-order valence-corrected chi connectivity index (χ1v) is 24.3. The molecule has 0 aromatic rings. The van der Waals surface area contributed by atoms with E-state index in [1.54, 1.807) is 4.90 Å². The molecule has 0 rings (SSSR count). The summed E-state index contributed by atoms with van der Waals surface area (Å²) in [6.45, 7) is 4.62. The van der Waals surface area contributed by atoms with Crippen LogP contribution in [0.1, 0.15) is 78.1 Å². The molecule has 0 bridgehead atoms. The number of carbonyl (C=O) groups is 1. The Kier molecular flexibility index (Phi) is 25.5. The minimum atomic E-state index is -4.51. The van der Waals surface area contributed by atoms with Crippen molar-refractivity contribution in [3.05, 3.63) is 0 Å². The standard InChI is InChI=1S/C17H44N3O15P5.C6H12O2/c21-36(22,23)13-18(9-5-1-3-7-11-19(14-37(24,25)26)15-38(27,28)29)10-6-2-4-8-12-20(16-39(30,31)32)17-40(33,34)35;1-3-5(4-2)6(7)8/h1-17H2,(H2,21,22,23)(H2,24,25,26)(H2,27,28,29)(H2,30,31,32)(H2,33,34,35);5H,3-4H2,1-2H3,(H,7,8). The van der Waals surface area contributed by atoms with E-state index in [1.165, 1.54) is 0 Å². The third-order valence-electron chi connectivity index (χ3n) is 6.65. The van der Waals surface area contributed by atoms with Gasteiger partial charge in [0.25, 0.3) is 0 Å². The lowest BCUT2D eigenvalue weighted by molar-refractivity contribution is -0.141. The minimum absolute atomic E-state index is 0.0577. The van der Waals surface area contributed by atoms with Crippen LogP contribution in [0.4, 0.5) is 0 Å². The zero-order valence-corrected chi connectivity index (χ0v) is 31.9. The molecule has 0 unspecified atom stereocenters. The molecule has 0 aliphatic heterocycles. The average molecular weight is 802 g/mol. The van der Waals surface area contributed by atoms with Crippen molar-refractivity contribution >= 4 is 43.9 Å². The first kappa shape index (κ1) is 50.2. The molecule has 0 heterocycles. The van der Waals surface area contributed by atoms with Gasteiger partial charge in [-0.25, -0.2) is 0 Å². The van der Waals surface area contributed by atoms with E-state index in [0.29, 0.717) is 64.5 Å². The normalized spacial score (nSPS) is 13.4. The molecule has 0 aromatic heterocycles. The second kappa shape index (κ2) is 24.4.